The van der Waals surface area contributed by atoms with Crippen molar-refractivity contribution in [3.63, 3.8) is 0 Å². The van der Waals surface area contributed by atoms with Gasteiger partial charge < -0.3 is 13.6 Å². The van der Waals surface area contributed by atoms with Crippen molar-refractivity contribution >= 4 is 117 Å². The second-order valence-corrected chi connectivity index (χ2v) is 21.5. The Bertz CT molecular complexity index is 3940. The zero-order chi connectivity index (χ0) is 41.2. The maximum Gasteiger partial charge on any atom is 0.182 e. The fraction of sp³-hybridized carbons (Fsp3) is 0. The summed E-state index contributed by atoms with van der Waals surface area (Å²) in [5, 5.41) is 15.4. The summed E-state index contributed by atoms with van der Waals surface area (Å²) < 4.78 is 11.5. The van der Waals surface area contributed by atoms with Crippen LogP contribution in [0.15, 0.2) is 233 Å². The molecule has 5 heteroatoms. The van der Waals surface area contributed by atoms with Crippen molar-refractivity contribution in [2.24, 2.45) is 0 Å². The number of rotatable bonds is 4. The molecule has 1 aliphatic heterocycles. The molecule has 0 saturated heterocycles. The highest BCUT2D eigenvalue weighted by Gasteiger charge is 2.49. The van der Waals surface area contributed by atoms with E-state index in [0.29, 0.717) is 0 Å². The average molecular weight is 837 g/mol. The molecule has 1 unspecified atom stereocenters. The van der Waals surface area contributed by atoms with Crippen molar-refractivity contribution in [3.05, 3.63) is 218 Å². The zero-order valence-corrected chi connectivity index (χ0v) is 35.8. The van der Waals surface area contributed by atoms with E-state index in [-0.39, 0.29) is 0 Å². The maximum atomic E-state index is 6.52. The van der Waals surface area contributed by atoms with Gasteiger partial charge in [-0.05, 0) is 80.7 Å². The van der Waals surface area contributed by atoms with Gasteiger partial charge in [0.1, 0.15) is 11.2 Å². The Morgan fingerprint density at radius 2 is 0.841 bits per heavy atom. The van der Waals surface area contributed by atoms with Gasteiger partial charge in [-0.15, -0.1) is 0 Å². The van der Waals surface area contributed by atoms with Crippen LogP contribution in [0.2, 0.25) is 0 Å². The molecule has 0 radical (unpaired) electrons. The number of furan rings is 1. The Labute approximate surface area is 368 Å². The molecule has 0 fully saturated rings. The Morgan fingerprint density at radius 3 is 1.51 bits per heavy atom. The van der Waals surface area contributed by atoms with Crippen LogP contribution in [0.1, 0.15) is 0 Å². The molecule has 0 N–H and O–H groups in total. The molecular weight excluding hydrogens is 801 g/mol. The molecule has 63 heavy (non-hydrogen) atoms. The van der Waals surface area contributed by atoms with Crippen LogP contribution in [0, 0.1) is 0 Å². The molecule has 0 amide bonds. The van der Waals surface area contributed by atoms with Crippen molar-refractivity contribution in [3.8, 4) is 11.4 Å². The summed E-state index contributed by atoms with van der Waals surface area (Å²) in [7, 11) is -3.20. The minimum atomic E-state index is -3.20. The minimum absolute atomic E-state index is 0.911. The topological polar surface area (TPSA) is 23.0 Å². The Balaban J connectivity index is 1.15. The van der Waals surface area contributed by atoms with Crippen LogP contribution in [-0.2, 0) is 0 Å². The normalized spacial score (nSPS) is 15.0. The molecule has 10 aromatic carbocycles. The number of aromatic nitrogens is 2. The molecule has 1 atom stereocenters. The zero-order valence-electron chi connectivity index (χ0n) is 34.0. The summed E-state index contributed by atoms with van der Waals surface area (Å²) in [6.45, 7) is 0. The average Bonchev–Trinajstić information content (AvgIpc) is 4.00. The number of hydrogen-bond donors (Lipinski definition) is 0. The first-order chi connectivity index (χ1) is 31.3. The third kappa shape index (κ3) is 4.75. The van der Waals surface area contributed by atoms with Gasteiger partial charge in [-0.25, -0.2) is 0 Å². The lowest BCUT2D eigenvalue weighted by atomic mass is 10.1. The smallest absolute Gasteiger partial charge is 0.182 e. The lowest BCUT2D eigenvalue weighted by Gasteiger charge is -2.41. The van der Waals surface area contributed by atoms with E-state index in [9.17, 15) is 0 Å². The highest BCUT2D eigenvalue weighted by Crippen LogP contribution is 2.42. The lowest BCUT2D eigenvalue weighted by molar-refractivity contribution is 0.669. The Morgan fingerprint density at radius 1 is 0.333 bits per heavy atom. The second kappa shape index (κ2) is 13.2. The van der Waals surface area contributed by atoms with Gasteiger partial charge in [-0.1, -0.05) is 176 Å². The minimum Gasteiger partial charge on any atom is -0.456 e. The van der Waals surface area contributed by atoms with E-state index >= 15 is 0 Å². The number of para-hydroxylation sites is 5. The van der Waals surface area contributed by atoms with Crippen LogP contribution >= 0.6 is 11.8 Å². The van der Waals surface area contributed by atoms with Crippen LogP contribution in [0.4, 0.5) is 0 Å². The number of fused-ring (bicyclic) bond motifs is 12. The summed E-state index contributed by atoms with van der Waals surface area (Å²) in [6.07, 6.45) is 0. The predicted molar refractivity (Wildman–Crippen MR) is 268 cm³/mol. The van der Waals surface area contributed by atoms with E-state index in [1.54, 1.807) is 0 Å². The molecular formula is C58H36N2OSSi. The molecule has 4 heterocycles. The molecule has 14 rings (SSSR count). The van der Waals surface area contributed by atoms with Gasteiger partial charge >= 0.3 is 0 Å². The fourth-order valence-electron chi connectivity index (χ4n) is 11.1. The summed E-state index contributed by atoms with van der Waals surface area (Å²) in [6, 6.07) is 81.4. The molecule has 294 valence electrons. The SMILES string of the molecule is c1ccc2c(c1)Sc1c(-n3c4ccccc4c4ccccc43)cccc1[Si]2(c1ccc2oc3ccccc3c2c1)c1ccc(-n2c3ccccc3c3ccccc32)c2ccccc12. The third-order valence-corrected chi connectivity index (χ3v) is 20.1. The standard InChI is InChI=1S/C58H36N2OSSi/c1-2-22-44-42(20-1)50(59-46-23-8-3-16-38(46)39-17-4-9-24-47(39)59)33-35-55(44)63(37-32-34-53-45(36-37)43-21-7-12-28-52(43)61-53)56-30-14-13-29-54(56)62-58-51(27-15-31-57(58)63)60-48-25-10-5-18-40(48)41-19-6-11-26-49(41)60/h1-36H. The van der Waals surface area contributed by atoms with E-state index in [4.69, 9.17) is 4.42 Å². The van der Waals surface area contributed by atoms with Crippen LogP contribution < -0.4 is 20.7 Å². The largest absolute Gasteiger partial charge is 0.456 e. The van der Waals surface area contributed by atoms with E-state index in [1.165, 1.54) is 96.3 Å². The first-order valence-electron chi connectivity index (χ1n) is 21.6. The van der Waals surface area contributed by atoms with Gasteiger partial charge in [0.05, 0.1) is 33.4 Å². The maximum absolute atomic E-state index is 6.52. The van der Waals surface area contributed by atoms with Gasteiger partial charge in [0.25, 0.3) is 0 Å². The molecule has 0 saturated carbocycles. The van der Waals surface area contributed by atoms with Crippen LogP contribution in [0.25, 0.3) is 87.7 Å². The molecule has 13 aromatic rings. The number of hydrogen-bond acceptors (Lipinski definition) is 2. The Hall–Kier alpha value is -7.57. The van der Waals surface area contributed by atoms with Crippen molar-refractivity contribution < 1.29 is 4.42 Å². The van der Waals surface area contributed by atoms with Crippen molar-refractivity contribution in [1.29, 1.82) is 0 Å². The van der Waals surface area contributed by atoms with E-state index < -0.39 is 8.07 Å². The van der Waals surface area contributed by atoms with Crippen LogP contribution in [0.5, 0.6) is 0 Å². The van der Waals surface area contributed by atoms with Crippen LogP contribution in [0.3, 0.4) is 0 Å². The summed E-state index contributed by atoms with van der Waals surface area (Å²) in [5.41, 5.74) is 9.07. The van der Waals surface area contributed by atoms with Gasteiger partial charge in [-0.3, -0.25) is 0 Å². The monoisotopic (exact) mass is 836 g/mol. The van der Waals surface area contributed by atoms with Gasteiger partial charge in [0.2, 0.25) is 0 Å². The molecule has 3 aromatic heterocycles. The molecule has 1 aliphatic rings. The predicted octanol–water partition coefficient (Wildman–Crippen LogP) is 12.8. The quantitative estimate of drug-likeness (QED) is 0.165. The summed E-state index contributed by atoms with van der Waals surface area (Å²) >= 11 is 1.92. The first-order valence-corrected chi connectivity index (χ1v) is 24.4. The van der Waals surface area contributed by atoms with Crippen LogP contribution in [-0.4, -0.2) is 17.2 Å². The highest BCUT2D eigenvalue weighted by atomic mass is 32.2. The third-order valence-electron chi connectivity index (χ3n) is 13.7. The Kier molecular flexibility index (Phi) is 7.36. The van der Waals surface area contributed by atoms with Crippen molar-refractivity contribution in [1.82, 2.24) is 9.13 Å². The van der Waals surface area contributed by atoms with Gasteiger partial charge in [0, 0.05) is 47.5 Å². The molecule has 0 spiro atoms. The second-order valence-electron chi connectivity index (χ2n) is 16.7. The molecule has 0 aliphatic carbocycles. The van der Waals surface area contributed by atoms with E-state index in [0.717, 1.165) is 21.9 Å². The van der Waals surface area contributed by atoms with E-state index in [1.807, 2.05) is 11.8 Å². The van der Waals surface area contributed by atoms with Gasteiger partial charge in [-0.2, -0.15) is 0 Å². The summed E-state index contributed by atoms with van der Waals surface area (Å²) in [5.74, 6) is 0. The van der Waals surface area contributed by atoms with Crippen molar-refractivity contribution in [2.75, 3.05) is 0 Å². The molecule has 0 bridgehead atoms. The fourth-order valence-corrected chi connectivity index (χ4v) is 18.4. The lowest BCUT2D eigenvalue weighted by Crippen LogP contribution is -2.76. The number of benzene rings is 10. The highest BCUT2D eigenvalue weighted by molar-refractivity contribution is 8.00. The van der Waals surface area contributed by atoms with Gasteiger partial charge in [0.15, 0.2) is 8.07 Å². The number of nitrogens with zero attached hydrogens (tertiary/aromatic N) is 2. The summed E-state index contributed by atoms with van der Waals surface area (Å²) in [4.78, 5) is 2.61. The van der Waals surface area contributed by atoms with Crippen molar-refractivity contribution in [2.45, 2.75) is 9.79 Å². The molecule has 3 nitrogen and oxygen atoms in total. The first kappa shape index (κ1) is 35.1. The van der Waals surface area contributed by atoms with E-state index in [2.05, 4.69) is 228 Å².